The number of carbonyl (C=O) groups is 1. The van der Waals surface area contributed by atoms with E-state index in [2.05, 4.69) is 4.90 Å². The van der Waals surface area contributed by atoms with Gasteiger partial charge in [-0.05, 0) is 61.4 Å². The summed E-state index contributed by atoms with van der Waals surface area (Å²) in [4.78, 5) is 25.9. The molecule has 13 nitrogen and oxygen atoms in total. The lowest BCUT2D eigenvalue weighted by atomic mass is 9.93. The lowest BCUT2D eigenvalue weighted by Gasteiger charge is -2.40. The number of piperazine rings is 1. The van der Waals surface area contributed by atoms with Gasteiger partial charge in [-0.1, -0.05) is 47.5 Å². The quantitative estimate of drug-likeness (QED) is 0.226. The standard InChI is InChI=1S/C38H46Cl2N4O9/c1-22(2)52-29-20-27(50-3)12-13-28(29)36-41-31(23-4-8-25(39)9-5-23)32(24-6-10-26(40)11-7-24)44(36)38(49)43-16-14-42(15-17-43)18-19-51-37-35(48)34(47)33(46)30(21-45)53-37/h4-13,20,22,30-35,37,45-48H,14-19,21H2,1-3H3. The SMILES string of the molecule is COc1ccc(C2=NC(c3ccc(Cl)cc3)C(c3ccc(Cl)cc3)N2C(=O)N2CCN(CCOC3OC(CO)C(O)C(O)C3O)CC2)c(OC(C)C)c1. The van der Waals surface area contributed by atoms with Gasteiger partial charge in [-0.3, -0.25) is 14.8 Å². The first-order valence-electron chi connectivity index (χ1n) is 17.7. The van der Waals surface area contributed by atoms with Crippen LogP contribution in [-0.2, 0) is 9.47 Å². The lowest BCUT2D eigenvalue weighted by Crippen LogP contribution is -2.59. The first-order valence-corrected chi connectivity index (χ1v) is 18.4. The Labute approximate surface area is 318 Å². The van der Waals surface area contributed by atoms with E-state index < -0.39 is 49.4 Å². The summed E-state index contributed by atoms with van der Waals surface area (Å²) in [5.41, 5.74) is 2.38. The van der Waals surface area contributed by atoms with Crippen LogP contribution in [0.5, 0.6) is 11.5 Å². The van der Waals surface area contributed by atoms with Crippen LogP contribution in [0.4, 0.5) is 4.79 Å². The number of aliphatic imine (C=N–C) groups is 1. The van der Waals surface area contributed by atoms with Gasteiger partial charge in [0.05, 0.1) is 38.0 Å². The second-order valence-electron chi connectivity index (χ2n) is 13.5. The minimum Gasteiger partial charge on any atom is -0.497 e. The fraction of sp³-hybridized carbons (Fsp3) is 0.474. The minimum atomic E-state index is -1.51. The number of hydrogen-bond acceptors (Lipinski definition) is 11. The molecule has 7 atom stereocenters. The third kappa shape index (κ3) is 8.75. The number of methoxy groups -OCH3 is 1. The van der Waals surface area contributed by atoms with Crippen molar-refractivity contribution >= 4 is 35.1 Å². The number of carbonyl (C=O) groups excluding carboxylic acids is 1. The summed E-state index contributed by atoms with van der Waals surface area (Å²) in [6, 6.07) is 19.2. The summed E-state index contributed by atoms with van der Waals surface area (Å²) in [6.07, 6.45) is -6.86. The van der Waals surface area contributed by atoms with Crippen LogP contribution >= 0.6 is 23.2 Å². The smallest absolute Gasteiger partial charge is 0.326 e. The third-order valence-electron chi connectivity index (χ3n) is 9.67. The van der Waals surface area contributed by atoms with Crippen LogP contribution in [0.2, 0.25) is 10.0 Å². The number of aliphatic hydroxyl groups excluding tert-OH is 4. The Morgan fingerprint density at radius 2 is 1.55 bits per heavy atom. The minimum absolute atomic E-state index is 0.150. The molecule has 2 saturated heterocycles. The molecule has 0 spiro atoms. The largest absolute Gasteiger partial charge is 0.497 e. The number of hydrogen-bond donors (Lipinski definition) is 4. The molecule has 0 radical (unpaired) electrons. The molecular formula is C38H46Cl2N4O9. The zero-order valence-corrected chi connectivity index (χ0v) is 31.3. The molecular weight excluding hydrogens is 727 g/mol. The fourth-order valence-corrected chi connectivity index (χ4v) is 7.09. The van der Waals surface area contributed by atoms with Crippen molar-refractivity contribution in [2.75, 3.05) is 53.0 Å². The molecule has 7 unspecified atom stereocenters. The summed E-state index contributed by atoms with van der Waals surface area (Å²) in [7, 11) is 1.59. The number of urea groups is 1. The summed E-state index contributed by atoms with van der Waals surface area (Å²) in [6.45, 7) is 5.86. The van der Waals surface area contributed by atoms with E-state index in [1.165, 1.54) is 0 Å². The summed E-state index contributed by atoms with van der Waals surface area (Å²) in [5, 5.41) is 41.1. The zero-order chi connectivity index (χ0) is 37.8. The molecule has 2 fully saturated rings. The highest BCUT2D eigenvalue weighted by Crippen LogP contribution is 2.46. The van der Waals surface area contributed by atoms with Gasteiger partial charge in [-0.25, -0.2) is 4.79 Å². The molecule has 15 heteroatoms. The second kappa shape index (κ2) is 17.3. The first-order chi connectivity index (χ1) is 25.5. The normalized spacial score (nSPS) is 26.5. The van der Waals surface area contributed by atoms with Gasteiger partial charge in [-0.2, -0.15) is 0 Å². The number of halogens is 2. The number of nitrogens with zero attached hydrogens (tertiary/aromatic N) is 4. The van der Waals surface area contributed by atoms with Crippen molar-refractivity contribution in [2.24, 2.45) is 4.99 Å². The molecule has 0 bridgehead atoms. The number of rotatable bonds is 11. The molecule has 3 heterocycles. The predicted octanol–water partition coefficient (Wildman–Crippen LogP) is 3.89. The Hall–Kier alpha value is -3.50. The summed E-state index contributed by atoms with van der Waals surface area (Å²) >= 11 is 12.6. The van der Waals surface area contributed by atoms with E-state index >= 15 is 0 Å². The molecule has 3 aromatic rings. The number of aliphatic hydroxyl groups is 4. The van der Waals surface area contributed by atoms with Gasteiger partial charge >= 0.3 is 6.03 Å². The highest BCUT2D eigenvalue weighted by Gasteiger charge is 2.46. The van der Waals surface area contributed by atoms with E-state index in [4.69, 9.17) is 47.1 Å². The van der Waals surface area contributed by atoms with Crippen LogP contribution < -0.4 is 9.47 Å². The van der Waals surface area contributed by atoms with E-state index in [1.807, 2.05) is 79.4 Å². The van der Waals surface area contributed by atoms with Gasteiger partial charge in [0.1, 0.15) is 47.8 Å². The molecule has 0 aliphatic carbocycles. The Balaban J connectivity index is 1.26. The van der Waals surface area contributed by atoms with Gasteiger partial charge in [0.25, 0.3) is 0 Å². The Morgan fingerprint density at radius 3 is 2.15 bits per heavy atom. The van der Waals surface area contributed by atoms with Crippen LogP contribution in [0.3, 0.4) is 0 Å². The van der Waals surface area contributed by atoms with Crippen molar-refractivity contribution in [1.29, 1.82) is 0 Å². The van der Waals surface area contributed by atoms with E-state index in [0.29, 0.717) is 65.7 Å². The van der Waals surface area contributed by atoms with E-state index in [9.17, 15) is 25.2 Å². The molecule has 4 N–H and O–H groups in total. The third-order valence-corrected chi connectivity index (χ3v) is 10.2. The Bertz CT molecular complexity index is 1720. The van der Waals surface area contributed by atoms with Crippen LogP contribution in [0, 0.1) is 0 Å². The van der Waals surface area contributed by atoms with Crippen molar-refractivity contribution in [2.45, 2.75) is 62.7 Å². The molecule has 3 aliphatic heterocycles. The second-order valence-corrected chi connectivity index (χ2v) is 14.4. The van der Waals surface area contributed by atoms with Crippen LogP contribution in [0.15, 0.2) is 71.7 Å². The average molecular weight is 774 g/mol. The number of ether oxygens (including phenoxy) is 4. The van der Waals surface area contributed by atoms with Gasteiger partial charge in [0, 0.05) is 48.8 Å². The van der Waals surface area contributed by atoms with Crippen molar-refractivity contribution in [3.05, 3.63) is 93.5 Å². The fourth-order valence-electron chi connectivity index (χ4n) is 6.84. The van der Waals surface area contributed by atoms with E-state index in [1.54, 1.807) is 18.1 Å². The first kappa shape index (κ1) is 39.2. The topological polar surface area (TPSA) is 157 Å². The van der Waals surface area contributed by atoms with Crippen LogP contribution in [0.1, 0.15) is 42.6 Å². The monoisotopic (exact) mass is 772 g/mol. The highest BCUT2D eigenvalue weighted by atomic mass is 35.5. The number of amides is 2. The number of benzene rings is 3. The van der Waals surface area contributed by atoms with Gasteiger partial charge in [0.15, 0.2) is 6.29 Å². The van der Waals surface area contributed by atoms with E-state index in [-0.39, 0.29) is 18.7 Å². The summed E-state index contributed by atoms with van der Waals surface area (Å²) < 4.78 is 23.0. The molecule has 2 amide bonds. The maximum atomic E-state index is 14.9. The number of amidine groups is 1. The Morgan fingerprint density at radius 1 is 0.906 bits per heavy atom. The molecule has 3 aliphatic rings. The van der Waals surface area contributed by atoms with Crippen molar-refractivity contribution in [1.82, 2.24) is 14.7 Å². The van der Waals surface area contributed by atoms with Gasteiger partial charge in [0.2, 0.25) is 0 Å². The molecule has 6 rings (SSSR count). The van der Waals surface area contributed by atoms with Crippen LogP contribution in [0.25, 0.3) is 0 Å². The molecule has 53 heavy (non-hydrogen) atoms. The van der Waals surface area contributed by atoms with Crippen molar-refractivity contribution in [3.8, 4) is 11.5 Å². The predicted molar refractivity (Wildman–Crippen MR) is 199 cm³/mol. The Kier molecular flexibility index (Phi) is 12.8. The zero-order valence-electron chi connectivity index (χ0n) is 29.8. The molecule has 0 saturated carbocycles. The van der Waals surface area contributed by atoms with E-state index in [0.717, 1.165) is 11.1 Å². The van der Waals surface area contributed by atoms with Crippen LogP contribution in [-0.4, -0.2) is 137 Å². The van der Waals surface area contributed by atoms with Crippen molar-refractivity contribution < 1.29 is 44.2 Å². The summed E-state index contributed by atoms with van der Waals surface area (Å²) in [5.74, 6) is 1.60. The maximum Gasteiger partial charge on any atom is 0.326 e. The molecule has 3 aromatic carbocycles. The maximum absolute atomic E-state index is 14.9. The lowest BCUT2D eigenvalue weighted by molar-refractivity contribution is -0.301. The molecule has 0 aromatic heterocycles. The van der Waals surface area contributed by atoms with Crippen molar-refractivity contribution in [3.63, 3.8) is 0 Å². The highest BCUT2D eigenvalue weighted by molar-refractivity contribution is 6.30. The average Bonchev–Trinajstić information content (AvgIpc) is 3.55. The molecule has 286 valence electrons. The van der Waals surface area contributed by atoms with Gasteiger partial charge < -0.3 is 44.3 Å². The van der Waals surface area contributed by atoms with Gasteiger partial charge in [-0.15, -0.1) is 0 Å².